The highest BCUT2D eigenvalue weighted by Crippen LogP contribution is 2.18. The molecule has 3 aromatic rings. The molecule has 0 bridgehead atoms. The van der Waals surface area contributed by atoms with Gasteiger partial charge in [-0.2, -0.15) is 0 Å². The van der Waals surface area contributed by atoms with Crippen molar-refractivity contribution in [2.45, 2.75) is 37.2 Å². The molecule has 31 heavy (non-hydrogen) atoms. The zero-order valence-electron chi connectivity index (χ0n) is 17.2. The zero-order chi connectivity index (χ0) is 22.3. The molecule has 162 valence electrons. The van der Waals surface area contributed by atoms with E-state index in [2.05, 4.69) is 10.0 Å². The van der Waals surface area contributed by atoms with Crippen LogP contribution in [0.1, 0.15) is 36.1 Å². The summed E-state index contributed by atoms with van der Waals surface area (Å²) in [5.41, 5.74) is 2.77. The molecule has 3 rings (SSSR count). The summed E-state index contributed by atoms with van der Waals surface area (Å²) in [6.45, 7) is 2.25. The Balaban J connectivity index is 1.51. The summed E-state index contributed by atoms with van der Waals surface area (Å²) in [6.07, 6.45) is 0.851. The molecule has 1 unspecified atom stereocenters. The number of hydrogen-bond acceptors (Lipinski definition) is 3. The van der Waals surface area contributed by atoms with Crippen molar-refractivity contribution >= 4 is 27.5 Å². The molecule has 5 nitrogen and oxygen atoms in total. The third-order valence-electron chi connectivity index (χ3n) is 4.91. The highest BCUT2D eigenvalue weighted by molar-refractivity contribution is 7.89. The van der Waals surface area contributed by atoms with Gasteiger partial charge >= 0.3 is 0 Å². The number of sulfonamides is 1. The van der Waals surface area contributed by atoms with E-state index in [4.69, 9.17) is 11.6 Å². The molecule has 0 heterocycles. The number of carbonyl (C=O) groups is 1. The topological polar surface area (TPSA) is 75.3 Å². The van der Waals surface area contributed by atoms with Gasteiger partial charge in [0.2, 0.25) is 15.9 Å². The van der Waals surface area contributed by atoms with E-state index in [1.807, 2.05) is 49.4 Å². The monoisotopic (exact) mass is 456 g/mol. The number of rotatable bonds is 9. The van der Waals surface area contributed by atoms with Gasteiger partial charge < -0.3 is 5.32 Å². The second-order valence-electron chi connectivity index (χ2n) is 7.30. The van der Waals surface area contributed by atoms with Gasteiger partial charge in [0.15, 0.2) is 0 Å². The summed E-state index contributed by atoms with van der Waals surface area (Å²) in [5.74, 6) is -0.0648. The second kappa shape index (κ2) is 10.6. The molecule has 0 aliphatic rings. The summed E-state index contributed by atoms with van der Waals surface area (Å²) in [4.78, 5) is 12.3. The van der Waals surface area contributed by atoms with Gasteiger partial charge in [0, 0.05) is 24.0 Å². The number of hydrogen-bond donors (Lipinski definition) is 2. The second-order valence-corrected chi connectivity index (χ2v) is 9.45. The average Bonchev–Trinajstić information content (AvgIpc) is 2.78. The molecular weight excluding hydrogens is 432 g/mol. The predicted molar refractivity (Wildman–Crippen MR) is 123 cm³/mol. The van der Waals surface area contributed by atoms with Crippen LogP contribution in [0.25, 0.3) is 0 Å². The van der Waals surface area contributed by atoms with Crippen LogP contribution in [-0.2, 0) is 27.8 Å². The number of carbonyl (C=O) groups excluding carboxylic acids is 1. The summed E-state index contributed by atoms with van der Waals surface area (Å²) in [7, 11) is -3.64. The minimum absolute atomic E-state index is 0.0648. The first-order valence-electron chi connectivity index (χ1n) is 10.0. The van der Waals surface area contributed by atoms with E-state index >= 15 is 0 Å². The van der Waals surface area contributed by atoms with Gasteiger partial charge in [-0.3, -0.25) is 4.79 Å². The standard InChI is InChI=1S/C24H25ClN2O3S/c1-18(21-5-3-2-4-6-21)27-31(29,30)23-14-9-19(10-15-23)11-16-24(28)26-17-20-7-12-22(25)13-8-20/h2-10,12-15,18,27H,11,16-17H2,1H3,(H,26,28). The first-order chi connectivity index (χ1) is 14.8. The molecule has 0 aliphatic carbocycles. The van der Waals surface area contributed by atoms with Gasteiger partial charge in [-0.15, -0.1) is 0 Å². The Morgan fingerprint density at radius 3 is 2.16 bits per heavy atom. The summed E-state index contributed by atoms with van der Waals surface area (Å²) in [5, 5.41) is 3.53. The van der Waals surface area contributed by atoms with Crippen molar-refractivity contribution in [3.05, 3.63) is 101 Å². The van der Waals surface area contributed by atoms with E-state index in [0.717, 1.165) is 16.7 Å². The Kier molecular flexibility index (Phi) is 7.85. The Labute approximate surface area is 188 Å². The van der Waals surface area contributed by atoms with Crippen LogP contribution in [0.2, 0.25) is 5.02 Å². The van der Waals surface area contributed by atoms with Crippen LogP contribution in [-0.4, -0.2) is 14.3 Å². The number of aryl methyl sites for hydroxylation is 1. The molecule has 7 heteroatoms. The van der Waals surface area contributed by atoms with E-state index in [9.17, 15) is 13.2 Å². The highest BCUT2D eigenvalue weighted by atomic mass is 35.5. The number of halogens is 1. The molecule has 0 radical (unpaired) electrons. The fraction of sp³-hybridized carbons (Fsp3) is 0.208. The molecule has 0 aliphatic heterocycles. The predicted octanol–water partition coefficient (Wildman–Crippen LogP) is 4.63. The van der Waals surface area contributed by atoms with Crippen molar-refractivity contribution in [2.24, 2.45) is 0 Å². The maximum atomic E-state index is 12.7. The van der Waals surface area contributed by atoms with E-state index in [1.165, 1.54) is 0 Å². The van der Waals surface area contributed by atoms with Gasteiger partial charge in [-0.25, -0.2) is 13.1 Å². The van der Waals surface area contributed by atoms with E-state index in [0.29, 0.717) is 24.4 Å². The molecule has 1 atom stereocenters. The largest absolute Gasteiger partial charge is 0.352 e. The minimum atomic E-state index is -3.64. The van der Waals surface area contributed by atoms with Gasteiger partial charge in [0.25, 0.3) is 0 Å². The van der Waals surface area contributed by atoms with E-state index < -0.39 is 10.0 Å². The third kappa shape index (κ3) is 6.92. The van der Waals surface area contributed by atoms with Crippen LogP contribution < -0.4 is 10.0 Å². The highest BCUT2D eigenvalue weighted by Gasteiger charge is 2.18. The molecular formula is C24H25ClN2O3S. The Hall–Kier alpha value is -2.67. The van der Waals surface area contributed by atoms with Crippen LogP contribution in [0.15, 0.2) is 83.8 Å². The van der Waals surface area contributed by atoms with Gasteiger partial charge in [-0.1, -0.05) is 66.2 Å². The lowest BCUT2D eigenvalue weighted by Crippen LogP contribution is -2.26. The summed E-state index contributed by atoms with van der Waals surface area (Å²) < 4.78 is 28.0. The Bertz CT molecular complexity index is 1100. The van der Waals surface area contributed by atoms with Crippen molar-refractivity contribution in [3.8, 4) is 0 Å². The third-order valence-corrected chi connectivity index (χ3v) is 6.72. The van der Waals surface area contributed by atoms with E-state index in [-0.39, 0.29) is 16.8 Å². The van der Waals surface area contributed by atoms with Crippen LogP contribution in [0, 0.1) is 0 Å². The van der Waals surface area contributed by atoms with Crippen molar-refractivity contribution in [3.63, 3.8) is 0 Å². The van der Waals surface area contributed by atoms with E-state index in [1.54, 1.807) is 36.4 Å². The van der Waals surface area contributed by atoms with Crippen molar-refractivity contribution in [1.82, 2.24) is 10.0 Å². The fourth-order valence-corrected chi connectivity index (χ4v) is 4.45. The minimum Gasteiger partial charge on any atom is -0.352 e. The molecule has 0 saturated heterocycles. The van der Waals surface area contributed by atoms with Crippen LogP contribution in [0.3, 0.4) is 0 Å². The van der Waals surface area contributed by atoms with Gasteiger partial charge in [-0.05, 0) is 54.3 Å². The van der Waals surface area contributed by atoms with Gasteiger partial charge in [0.05, 0.1) is 4.90 Å². The summed E-state index contributed by atoms with van der Waals surface area (Å²) >= 11 is 5.85. The molecule has 3 aromatic carbocycles. The van der Waals surface area contributed by atoms with Crippen LogP contribution in [0.4, 0.5) is 0 Å². The number of amides is 1. The zero-order valence-corrected chi connectivity index (χ0v) is 18.8. The maximum Gasteiger partial charge on any atom is 0.241 e. The molecule has 2 N–H and O–H groups in total. The molecule has 0 aromatic heterocycles. The van der Waals surface area contributed by atoms with Crippen LogP contribution >= 0.6 is 11.6 Å². The average molecular weight is 457 g/mol. The first-order valence-corrected chi connectivity index (χ1v) is 11.9. The lowest BCUT2D eigenvalue weighted by atomic mass is 10.1. The first kappa shape index (κ1) is 23.0. The lowest BCUT2D eigenvalue weighted by molar-refractivity contribution is -0.121. The maximum absolute atomic E-state index is 12.7. The lowest BCUT2D eigenvalue weighted by Gasteiger charge is -2.15. The SMILES string of the molecule is CC(NS(=O)(=O)c1ccc(CCC(=O)NCc2ccc(Cl)cc2)cc1)c1ccccc1. The van der Waals surface area contributed by atoms with Crippen molar-refractivity contribution in [2.75, 3.05) is 0 Å². The Morgan fingerprint density at radius 2 is 1.52 bits per heavy atom. The fourth-order valence-electron chi connectivity index (χ4n) is 3.09. The molecule has 0 saturated carbocycles. The summed E-state index contributed by atoms with van der Waals surface area (Å²) in [6, 6.07) is 23.0. The number of benzene rings is 3. The van der Waals surface area contributed by atoms with Gasteiger partial charge in [0.1, 0.15) is 0 Å². The van der Waals surface area contributed by atoms with Crippen molar-refractivity contribution < 1.29 is 13.2 Å². The quantitative estimate of drug-likeness (QED) is 0.493. The molecule has 0 spiro atoms. The van der Waals surface area contributed by atoms with Crippen molar-refractivity contribution in [1.29, 1.82) is 0 Å². The molecule has 0 fully saturated rings. The smallest absolute Gasteiger partial charge is 0.241 e. The Morgan fingerprint density at radius 1 is 0.903 bits per heavy atom. The normalized spacial score (nSPS) is 12.3. The molecule has 1 amide bonds. The number of nitrogens with one attached hydrogen (secondary N) is 2. The van der Waals surface area contributed by atoms with Crippen LogP contribution in [0.5, 0.6) is 0 Å².